The minimum Gasteiger partial charge on any atom is -0.378 e. The lowest BCUT2D eigenvalue weighted by Crippen LogP contribution is -2.36. The fraction of sp³-hybridized carbons (Fsp3) is 0.227. The maximum atomic E-state index is 12.5. The normalized spacial score (nSPS) is 13.9. The molecule has 1 N–H and O–H groups in total. The molecule has 1 aliphatic rings. The van der Waals surface area contributed by atoms with Gasteiger partial charge in [0.15, 0.2) is 5.82 Å². The van der Waals surface area contributed by atoms with E-state index in [1.165, 1.54) is 0 Å². The zero-order valence-corrected chi connectivity index (χ0v) is 15.5. The zero-order valence-electron chi connectivity index (χ0n) is 15.5. The van der Waals surface area contributed by atoms with Crippen molar-refractivity contribution in [2.75, 3.05) is 31.2 Å². The third-order valence-corrected chi connectivity index (χ3v) is 4.70. The number of benzene rings is 2. The summed E-state index contributed by atoms with van der Waals surface area (Å²) < 4.78 is 5.37. The fourth-order valence-electron chi connectivity index (χ4n) is 3.14. The van der Waals surface area contributed by atoms with E-state index in [0.29, 0.717) is 25.3 Å². The number of hydrogen-bond donors (Lipinski definition) is 1. The van der Waals surface area contributed by atoms with Gasteiger partial charge in [-0.2, -0.15) is 0 Å². The summed E-state index contributed by atoms with van der Waals surface area (Å²) in [4.78, 5) is 14.7. The van der Waals surface area contributed by atoms with Crippen LogP contribution in [0.1, 0.15) is 15.9 Å². The summed E-state index contributed by atoms with van der Waals surface area (Å²) in [7, 11) is 0. The van der Waals surface area contributed by atoms with Crippen molar-refractivity contribution in [1.82, 2.24) is 15.5 Å². The molecule has 1 saturated heterocycles. The van der Waals surface area contributed by atoms with E-state index in [0.717, 1.165) is 35.7 Å². The van der Waals surface area contributed by atoms with E-state index >= 15 is 0 Å². The molecule has 1 aliphatic heterocycles. The quantitative estimate of drug-likeness (QED) is 0.744. The highest BCUT2D eigenvalue weighted by molar-refractivity contribution is 5.95. The molecule has 28 heavy (non-hydrogen) atoms. The Labute approximate surface area is 164 Å². The zero-order chi connectivity index (χ0) is 19.2. The molecular formula is C22H22N4O2. The highest BCUT2D eigenvalue weighted by Gasteiger charge is 2.13. The van der Waals surface area contributed by atoms with Gasteiger partial charge >= 0.3 is 0 Å². The Morgan fingerprint density at radius 2 is 1.79 bits per heavy atom. The number of nitrogens with zero attached hydrogens (tertiary/aromatic N) is 3. The Kier molecular flexibility index (Phi) is 5.58. The third-order valence-electron chi connectivity index (χ3n) is 4.70. The molecule has 0 radical (unpaired) electrons. The van der Waals surface area contributed by atoms with Crippen LogP contribution in [-0.4, -0.2) is 42.4 Å². The molecule has 2 aromatic carbocycles. The number of nitrogens with one attached hydrogen (secondary N) is 1. The maximum Gasteiger partial charge on any atom is 0.251 e. The fourth-order valence-corrected chi connectivity index (χ4v) is 3.14. The first kappa shape index (κ1) is 18.1. The molecular weight excluding hydrogens is 352 g/mol. The Bertz CT molecular complexity index is 923. The summed E-state index contributed by atoms with van der Waals surface area (Å²) in [6.45, 7) is 3.57. The van der Waals surface area contributed by atoms with E-state index in [2.05, 4.69) is 20.4 Å². The number of amides is 1. The summed E-state index contributed by atoms with van der Waals surface area (Å²) in [6, 6.07) is 21.2. The molecule has 3 aromatic rings. The van der Waals surface area contributed by atoms with Crippen LogP contribution in [0.25, 0.3) is 11.3 Å². The van der Waals surface area contributed by atoms with Crippen molar-refractivity contribution in [2.24, 2.45) is 0 Å². The highest BCUT2D eigenvalue weighted by Crippen LogP contribution is 2.20. The van der Waals surface area contributed by atoms with Gasteiger partial charge in [-0.25, -0.2) is 0 Å². The molecule has 4 rings (SSSR count). The monoisotopic (exact) mass is 374 g/mol. The van der Waals surface area contributed by atoms with Crippen LogP contribution < -0.4 is 10.2 Å². The van der Waals surface area contributed by atoms with Gasteiger partial charge in [-0.3, -0.25) is 4.79 Å². The molecule has 2 heterocycles. The first-order valence-corrected chi connectivity index (χ1v) is 9.38. The maximum absolute atomic E-state index is 12.5. The number of anilines is 1. The second-order valence-corrected chi connectivity index (χ2v) is 6.63. The number of rotatable bonds is 5. The molecule has 0 atom stereocenters. The molecule has 0 spiro atoms. The van der Waals surface area contributed by atoms with Crippen molar-refractivity contribution in [3.05, 3.63) is 77.9 Å². The Hall–Kier alpha value is -3.25. The molecule has 1 amide bonds. The minimum atomic E-state index is -0.108. The minimum absolute atomic E-state index is 0.108. The summed E-state index contributed by atoms with van der Waals surface area (Å²) in [5.41, 5.74) is 3.28. The van der Waals surface area contributed by atoms with Gasteiger partial charge in [0.25, 0.3) is 5.91 Å². The van der Waals surface area contributed by atoms with Crippen LogP contribution in [0.2, 0.25) is 0 Å². The molecule has 0 saturated carbocycles. The van der Waals surface area contributed by atoms with E-state index in [4.69, 9.17) is 4.74 Å². The molecule has 6 nitrogen and oxygen atoms in total. The molecule has 0 bridgehead atoms. The predicted molar refractivity (Wildman–Crippen MR) is 108 cm³/mol. The van der Waals surface area contributed by atoms with Gasteiger partial charge in [0, 0.05) is 30.8 Å². The summed E-state index contributed by atoms with van der Waals surface area (Å²) >= 11 is 0. The molecule has 0 unspecified atom stereocenters. The van der Waals surface area contributed by atoms with Crippen LogP contribution in [0.4, 0.5) is 5.82 Å². The molecule has 0 aliphatic carbocycles. The smallest absolute Gasteiger partial charge is 0.251 e. The second kappa shape index (κ2) is 8.63. The number of ether oxygens (including phenoxy) is 1. The number of carbonyl (C=O) groups is 1. The van der Waals surface area contributed by atoms with E-state index in [1.54, 1.807) is 6.07 Å². The SMILES string of the molecule is O=C(NCc1ccccc1)c1cccc(-c2ccc(N3CCOCC3)nn2)c1. The Balaban J connectivity index is 1.44. The number of hydrogen-bond acceptors (Lipinski definition) is 5. The van der Waals surface area contributed by atoms with Crippen LogP contribution in [0.5, 0.6) is 0 Å². The predicted octanol–water partition coefficient (Wildman–Crippen LogP) is 2.91. The van der Waals surface area contributed by atoms with Crippen molar-refractivity contribution >= 4 is 11.7 Å². The first-order valence-electron chi connectivity index (χ1n) is 9.38. The molecule has 1 fully saturated rings. The third kappa shape index (κ3) is 4.35. The average molecular weight is 374 g/mol. The standard InChI is InChI=1S/C22H22N4O2/c27-22(23-16-17-5-2-1-3-6-17)19-8-4-7-18(15-19)20-9-10-21(25-24-20)26-11-13-28-14-12-26/h1-10,15H,11-14,16H2,(H,23,27). The van der Waals surface area contributed by atoms with Crippen molar-refractivity contribution in [3.63, 3.8) is 0 Å². The summed E-state index contributed by atoms with van der Waals surface area (Å²) in [5.74, 6) is 0.743. The van der Waals surface area contributed by atoms with Crippen molar-refractivity contribution in [1.29, 1.82) is 0 Å². The molecule has 1 aromatic heterocycles. The van der Waals surface area contributed by atoms with Crippen LogP contribution in [-0.2, 0) is 11.3 Å². The van der Waals surface area contributed by atoms with Crippen molar-refractivity contribution in [2.45, 2.75) is 6.54 Å². The Morgan fingerprint density at radius 3 is 2.54 bits per heavy atom. The lowest BCUT2D eigenvalue weighted by atomic mass is 10.1. The van der Waals surface area contributed by atoms with Crippen LogP contribution in [0, 0.1) is 0 Å². The summed E-state index contributed by atoms with van der Waals surface area (Å²) in [6.07, 6.45) is 0. The van der Waals surface area contributed by atoms with Gasteiger partial charge < -0.3 is 15.0 Å². The van der Waals surface area contributed by atoms with Crippen molar-refractivity contribution in [3.8, 4) is 11.3 Å². The van der Waals surface area contributed by atoms with Gasteiger partial charge in [-0.15, -0.1) is 10.2 Å². The van der Waals surface area contributed by atoms with Crippen molar-refractivity contribution < 1.29 is 9.53 Å². The van der Waals surface area contributed by atoms with Crippen LogP contribution in [0.3, 0.4) is 0 Å². The van der Waals surface area contributed by atoms with E-state index < -0.39 is 0 Å². The average Bonchev–Trinajstić information content (AvgIpc) is 2.79. The topological polar surface area (TPSA) is 67.4 Å². The highest BCUT2D eigenvalue weighted by atomic mass is 16.5. The van der Waals surface area contributed by atoms with Gasteiger partial charge in [-0.05, 0) is 29.8 Å². The lowest BCUT2D eigenvalue weighted by Gasteiger charge is -2.27. The Morgan fingerprint density at radius 1 is 0.964 bits per heavy atom. The number of carbonyl (C=O) groups excluding carboxylic acids is 1. The lowest BCUT2D eigenvalue weighted by molar-refractivity contribution is 0.0951. The second-order valence-electron chi connectivity index (χ2n) is 6.63. The van der Waals surface area contributed by atoms with Crippen LogP contribution >= 0.6 is 0 Å². The van der Waals surface area contributed by atoms with Gasteiger partial charge in [0.2, 0.25) is 0 Å². The van der Waals surface area contributed by atoms with Crippen LogP contribution in [0.15, 0.2) is 66.7 Å². The van der Waals surface area contributed by atoms with Gasteiger partial charge in [0.05, 0.1) is 18.9 Å². The largest absolute Gasteiger partial charge is 0.378 e. The van der Waals surface area contributed by atoms with E-state index in [9.17, 15) is 4.79 Å². The number of aromatic nitrogens is 2. The number of morpholine rings is 1. The van der Waals surface area contributed by atoms with Gasteiger partial charge in [-0.1, -0.05) is 42.5 Å². The molecule has 142 valence electrons. The summed E-state index contributed by atoms with van der Waals surface area (Å²) in [5, 5.41) is 11.7. The van der Waals surface area contributed by atoms with E-state index in [-0.39, 0.29) is 5.91 Å². The first-order chi connectivity index (χ1) is 13.8. The van der Waals surface area contributed by atoms with E-state index in [1.807, 2.05) is 60.7 Å². The molecule has 6 heteroatoms. The van der Waals surface area contributed by atoms with Gasteiger partial charge in [0.1, 0.15) is 0 Å².